The summed E-state index contributed by atoms with van der Waals surface area (Å²) in [6.07, 6.45) is 3.31. The van der Waals surface area contributed by atoms with E-state index in [0.717, 1.165) is 22.4 Å². The Bertz CT molecular complexity index is 1150. The first-order valence-corrected chi connectivity index (χ1v) is 9.92. The highest BCUT2D eigenvalue weighted by molar-refractivity contribution is 6.36. The molecule has 0 aliphatic carbocycles. The summed E-state index contributed by atoms with van der Waals surface area (Å²) in [7, 11) is 0. The number of amides is 2. The lowest BCUT2D eigenvalue weighted by atomic mass is 10.0. The Morgan fingerprint density at radius 2 is 1.73 bits per heavy atom. The number of pyridine rings is 1. The molecule has 0 fully saturated rings. The predicted octanol–water partition coefficient (Wildman–Crippen LogP) is 4.74. The monoisotopic (exact) mass is 417 g/mol. The molecule has 0 bridgehead atoms. The molecule has 2 amide bonds. The largest absolute Gasteiger partial charge is 0.350 e. The second-order valence-corrected chi connectivity index (χ2v) is 7.62. The molecule has 0 atom stereocenters. The third-order valence-electron chi connectivity index (χ3n) is 5.23. The summed E-state index contributed by atoms with van der Waals surface area (Å²) < 4.78 is 0. The Balaban J connectivity index is 1.77. The zero-order valence-electron chi connectivity index (χ0n) is 16.6. The lowest BCUT2D eigenvalue weighted by Crippen LogP contribution is -2.32. The quantitative estimate of drug-likeness (QED) is 0.609. The summed E-state index contributed by atoms with van der Waals surface area (Å²) in [4.78, 5) is 31.9. The first-order valence-electron chi connectivity index (χ1n) is 9.54. The standard InChI is InChI=1S/C24H20ClN3O2/c1-15-5-3-7-20(16(15)2)27-22-21(18-8-10-19(25)11-9-18)23(29)28(24(22)30)14-17-6-4-12-26-13-17/h3-13,27H,14H2,1-2H3. The molecule has 2 aromatic carbocycles. The average Bonchev–Trinajstić information content (AvgIpc) is 2.97. The van der Waals surface area contributed by atoms with Gasteiger partial charge in [0.05, 0.1) is 12.1 Å². The van der Waals surface area contributed by atoms with E-state index in [0.29, 0.717) is 16.2 Å². The minimum Gasteiger partial charge on any atom is -0.350 e. The fourth-order valence-electron chi connectivity index (χ4n) is 3.42. The molecule has 1 N–H and O–H groups in total. The smallest absolute Gasteiger partial charge is 0.278 e. The second kappa shape index (κ2) is 8.13. The first kappa shape index (κ1) is 19.9. The molecule has 5 nitrogen and oxygen atoms in total. The number of anilines is 1. The van der Waals surface area contributed by atoms with Gasteiger partial charge in [-0.15, -0.1) is 0 Å². The molecule has 6 heteroatoms. The van der Waals surface area contributed by atoms with E-state index in [4.69, 9.17) is 11.6 Å². The van der Waals surface area contributed by atoms with Crippen LogP contribution in [0.2, 0.25) is 5.02 Å². The van der Waals surface area contributed by atoms with Crippen molar-refractivity contribution in [2.24, 2.45) is 0 Å². The topological polar surface area (TPSA) is 62.3 Å². The van der Waals surface area contributed by atoms with Gasteiger partial charge < -0.3 is 5.32 Å². The summed E-state index contributed by atoms with van der Waals surface area (Å²) in [6, 6.07) is 16.4. The molecule has 1 aliphatic heterocycles. The van der Waals surface area contributed by atoms with E-state index < -0.39 is 0 Å². The molecule has 1 aromatic heterocycles. The maximum Gasteiger partial charge on any atom is 0.278 e. The van der Waals surface area contributed by atoms with Crippen LogP contribution in [-0.4, -0.2) is 21.7 Å². The van der Waals surface area contributed by atoms with Crippen molar-refractivity contribution >= 4 is 34.7 Å². The van der Waals surface area contributed by atoms with Crippen LogP contribution in [-0.2, 0) is 16.1 Å². The molecule has 4 rings (SSSR count). The maximum absolute atomic E-state index is 13.3. The van der Waals surface area contributed by atoms with Crippen LogP contribution in [0.1, 0.15) is 22.3 Å². The summed E-state index contributed by atoms with van der Waals surface area (Å²) in [5.41, 5.74) is 4.92. The SMILES string of the molecule is Cc1cccc(NC2=C(c3ccc(Cl)cc3)C(=O)N(Cc3cccnc3)C2=O)c1C. The second-order valence-electron chi connectivity index (χ2n) is 7.19. The van der Waals surface area contributed by atoms with Crippen molar-refractivity contribution in [3.05, 3.63) is 100.0 Å². The van der Waals surface area contributed by atoms with Gasteiger partial charge in [-0.1, -0.05) is 41.9 Å². The van der Waals surface area contributed by atoms with Crippen LogP contribution in [0, 0.1) is 13.8 Å². The minimum absolute atomic E-state index is 0.153. The van der Waals surface area contributed by atoms with Gasteiger partial charge in [0.2, 0.25) is 0 Å². The van der Waals surface area contributed by atoms with Crippen molar-refractivity contribution in [3.8, 4) is 0 Å². The van der Waals surface area contributed by atoms with E-state index >= 15 is 0 Å². The molecule has 150 valence electrons. The number of imide groups is 1. The maximum atomic E-state index is 13.3. The molecule has 0 radical (unpaired) electrons. The predicted molar refractivity (Wildman–Crippen MR) is 118 cm³/mol. The Labute approximate surface area is 180 Å². The van der Waals surface area contributed by atoms with Crippen molar-refractivity contribution in [3.63, 3.8) is 0 Å². The van der Waals surface area contributed by atoms with Gasteiger partial charge in [0.25, 0.3) is 11.8 Å². The van der Waals surface area contributed by atoms with Crippen molar-refractivity contribution in [1.29, 1.82) is 0 Å². The summed E-state index contributed by atoms with van der Waals surface area (Å²) in [5.74, 6) is -0.714. The number of hydrogen-bond acceptors (Lipinski definition) is 4. The van der Waals surface area contributed by atoms with Crippen LogP contribution < -0.4 is 5.32 Å². The van der Waals surface area contributed by atoms with E-state index in [-0.39, 0.29) is 24.1 Å². The number of halogens is 1. The van der Waals surface area contributed by atoms with E-state index in [9.17, 15) is 9.59 Å². The molecule has 0 saturated carbocycles. The number of carbonyl (C=O) groups excluding carboxylic acids is 2. The third-order valence-corrected chi connectivity index (χ3v) is 5.48. The Morgan fingerprint density at radius 3 is 2.43 bits per heavy atom. The first-order chi connectivity index (χ1) is 14.5. The minimum atomic E-state index is -0.366. The number of hydrogen-bond donors (Lipinski definition) is 1. The van der Waals surface area contributed by atoms with E-state index in [1.807, 2.05) is 38.1 Å². The Morgan fingerprint density at radius 1 is 0.967 bits per heavy atom. The molecule has 0 unspecified atom stereocenters. The third kappa shape index (κ3) is 3.72. The van der Waals surface area contributed by atoms with Gasteiger partial charge in [-0.25, -0.2) is 0 Å². The lowest BCUT2D eigenvalue weighted by molar-refractivity contribution is -0.137. The number of nitrogens with one attached hydrogen (secondary N) is 1. The van der Waals surface area contributed by atoms with E-state index in [1.54, 1.807) is 42.7 Å². The van der Waals surface area contributed by atoms with E-state index in [2.05, 4.69) is 10.3 Å². The highest BCUT2D eigenvalue weighted by Gasteiger charge is 2.39. The Hall–Kier alpha value is -3.44. The molecule has 1 aliphatic rings. The molecule has 30 heavy (non-hydrogen) atoms. The van der Waals surface area contributed by atoms with Crippen LogP contribution in [0.5, 0.6) is 0 Å². The van der Waals surface area contributed by atoms with Gasteiger partial charge in [-0.3, -0.25) is 19.5 Å². The van der Waals surface area contributed by atoms with Crippen molar-refractivity contribution < 1.29 is 9.59 Å². The molecular weight excluding hydrogens is 398 g/mol. The van der Waals surface area contributed by atoms with Crippen LogP contribution in [0.15, 0.2) is 72.7 Å². The summed E-state index contributed by atoms with van der Waals surface area (Å²) in [6.45, 7) is 4.14. The molecular formula is C24H20ClN3O2. The zero-order chi connectivity index (χ0) is 21.3. The van der Waals surface area contributed by atoms with Crippen LogP contribution >= 0.6 is 11.6 Å². The molecule has 3 aromatic rings. The molecule has 0 saturated heterocycles. The van der Waals surface area contributed by atoms with Crippen molar-refractivity contribution in [2.45, 2.75) is 20.4 Å². The van der Waals surface area contributed by atoms with Crippen LogP contribution in [0.25, 0.3) is 5.57 Å². The zero-order valence-corrected chi connectivity index (χ0v) is 17.4. The number of rotatable bonds is 5. The highest BCUT2D eigenvalue weighted by Crippen LogP contribution is 2.33. The van der Waals surface area contributed by atoms with Gasteiger partial charge in [0, 0.05) is 23.1 Å². The fraction of sp³-hybridized carbons (Fsp3) is 0.125. The van der Waals surface area contributed by atoms with Gasteiger partial charge in [0.1, 0.15) is 5.70 Å². The lowest BCUT2D eigenvalue weighted by Gasteiger charge is -2.16. The summed E-state index contributed by atoms with van der Waals surface area (Å²) in [5, 5.41) is 3.79. The van der Waals surface area contributed by atoms with Gasteiger partial charge in [-0.2, -0.15) is 0 Å². The molecule has 0 spiro atoms. The van der Waals surface area contributed by atoms with Crippen LogP contribution in [0.4, 0.5) is 5.69 Å². The highest BCUT2D eigenvalue weighted by atomic mass is 35.5. The fourth-order valence-corrected chi connectivity index (χ4v) is 3.54. The average molecular weight is 418 g/mol. The number of nitrogens with zero attached hydrogens (tertiary/aromatic N) is 2. The van der Waals surface area contributed by atoms with E-state index in [1.165, 1.54) is 4.90 Å². The Kier molecular flexibility index (Phi) is 5.38. The van der Waals surface area contributed by atoms with Gasteiger partial charge in [-0.05, 0) is 60.4 Å². The van der Waals surface area contributed by atoms with Crippen molar-refractivity contribution in [1.82, 2.24) is 9.88 Å². The number of aryl methyl sites for hydroxylation is 1. The van der Waals surface area contributed by atoms with Gasteiger partial charge in [0.15, 0.2) is 0 Å². The number of carbonyl (C=O) groups is 2. The van der Waals surface area contributed by atoms with Gasteiger partial charge >= 0.3 is 0 Å². The summed E-state index contributed by atoms with van der Waals surface area (Å²) >= 11 is 6.02. The molecule has 2 heterocycles. The number of benzene rings is 2. The normalized spacial score (nSPS) is 13.9. The van der Waals surface area contributed by atoms with Crippen LogP contribution in [0.3, 0.4) is 0 Å². The van der Waals surface area contributed by atoms with Crippen molar-refractivity contribution in [2.75, 3.05) is 5.32 Å². The number of aromatic nitrogens is 1.